The molecule has 0 aliphatic carbocycles. The molecule has 41 heavy (non-hydrogen) atoms. The minimum Gasteiger partial charge on any atom is -0.444 e. The molecule has 0 aliphatic heterocycles. The molecular formula is C33H38N4O4. The second-order valence-corrected chi connectivity index (χ2v) is 12.5. The number of ether oxygens (including phenoxy) is 1. The minimum atomic E-state index is -0.760. The molecule has 0 aliphatic rings. The predicted molar refractivity (Wildman–Crippen MR) is 162 cm³/mol. The molecule has 8 heteroatoms. The third-order valence-corrected chi connectivity index (χ3v) is 6.50. The Morgan fingerprint density at radius 2 is 1.66 bits per heavy atom. The monoisotopic (exact) mass is 554 g/mol. The Hall–Kier alpha value is -4.46. The number of rotatable bonds is 7. The summed E-state index contributed by atoms with van der Waals surface area (Å²) >= 11 is 0. The summed E-state index contributed by atoms with van der Waals surface area (Å²) in [6.07, 6.45) is 4.37. The summed E-state index contributed by atoms with van der Waals surface area (Å²) in [6, 6.07) is 16.5. The van der Waals surface area contributed by atoms with E-state index in [2.05, 4.69) is 21.8 Å². The second kappa shape index (κ2) is 11.6. The van der Waals surface area contributed by atoms with E-state index in [0.717, 1.165) is 39.6 Å². The molecule has 2 amide bonds. The molecule has 0 saturated carbocycles. The fourth-order valence-corrected chi connectivity index (χ4v) is 4.70. The van der Waals surface area contributed by atoms with E-state index < -0.39 is 17.7 Å². The third-order valence-electron chi connectivity index (χ3n) is 6.50. The number of aryl methyl sites for hydroxylation is 1. The number of aldehydes is 1. The third kappa shape index (κ3) is 7.60. The fraction of sp³-hybridized carbons (Fsp3) is 0.333. The van der Waals surface area contributed by atoms with Crippen LogP contribution in [0.2, 0.25) is 0 Å². The van der Waals surface area contributed by atoms with E-state index in [-0.39, 0.29) is 11.3 Å². The van der Waals surface area contributed by atoms with Crippen LogP contribution in [0.3, 0.4) is 0 Å². The van der Waals surface area contributed by atoms with Gasteiger partial charge in [0.2, 0.25) is 5.91 Å². The number of nitrogens with one attached hydrogen (secondary N) is 2. The highest BCUT2D eigenvalue weighted by atomic mass is 16.6. The number of hydrogen-bond acceptors (Lipinski definition) is 5. The number of carbonyl (C=O) groups excluding carboxylic acids is 3. The molecule has 4 rings (SSSR count). The number of amides is 2. The summed E-state index contributed by atoms with van der Waals surface area (Å²) in [5.41, 5.74) is 6.31. The highest BCUT2D eigenvalue weighted by Crippen LogP contribution is 2.32. The Kier molecular flexibility index (Phi) is 8.33. The van der Waals surface area contributed by atoms with E-state index in [9.17, 15) is 14.4 Å². The van der Waals surface area contributed by atoms with Crippen LogP contribution in [0.15, 0.2) is 67.0 Å². The van der Waals surface area contributed by atoms with Crippen LogP contribution < -0.4 is 10.6 Å². The smallest absolute Gasteiger partial charge is 0.408 e. The van der Waals surface area contributed by atoms with Crippen molar-refractivity contribution >= 4 is 29.5 Å². The van der Waals surface area contributed by atoms with Crippen molar-refractivity contribution in [3.63, 3.8) is 0 Å². The molecule has 4 aromatic rings. The zero-order chi connectivity index (χ0) is 29.9. The summed E-state index contributed by atoms with van der Waals surface area (Å²) in [4.78, 5) is 36.8. The molecular weight excluding hydrogens is 516 g/mol. The van der Waals surface area contributed by atoms with Gasteiger partial charge in [0, 0.05) is 34.8 Å². The maximum Gasteiger partial charge on any atom is 0.408 e. The van der Waals surface area contributed by atoms with Crippen molar-refractivity contribution in [1.82, 2.24) is 14.9 Å². The Labute approximate surface area is 241 Å². The van der Waals surface area contributed by atoms with Gasteiger partial charge in [-0.1, -0.05) is 51.1 Å². The van der Waals surface area contributed by atoms with E-state index in [1.54, 1.807) is 39.1 Å². The molecule has 1 atom stereocenters. The second-order valence-electron chi connectivity index (χ2n) is 12.5. The van der Waals surface area contributed by atoms with E-state index in [1.807, 2.05) is 74.8 Å². The number of aromatic nitrogens is 2. The van der Waals surface area contributed by atoms with Crippen LogP contribution in [-0.4, -0.2) is 39.5 Å². The standard InChI is InChI=1S/C33H38N4O4/c1-21-16-25(35-30(39)28(18-32(2,3)4)36-31(40)41-33(5,6)7)12-13-26(21)27-14-15-34-37-19-24(17-29(27)37)23-10-8-22(20-38)9-11-23/h8-17,19-20,28H,18H2,1-7H3,(H,35,39)(H,36,40)/t28-/m1/s1. The maximum absolute atomic E-state index is 13.3. The Bertz CT molecular complexity index is 1570. The topological polar surface area (TPSA) is 102 Å². The van der Waals surface area contributed by atoms with Crippen LogP contribution in [0.5, 0.6) is 0 Å². The molecule has 214 valence electrons. The summed E-state index contributed by atoms with van der Waals surface area (Å²) < 4.78 is 7.23. The van der Waals surface area contributed by atoms with Crippen molar-refractivity contribution < 1.29 is 19.1 Å². The number of benzene rings is 2. The minimum absolute atomic E-state index is 0.198. The van der Waals surface area contributed by atoms with Crippen molar-refractivity contribution in [1.29, 1.82) is 0 Å². The zero-order valence-electron chi connectivity index (χ0n) is 24.7. The first-order valence-corrected chi connectivity index (χ1v) is 13.7. The first-order valence-electron chi connectivity index (χ1n) is 13.7. The number of carbonyl (C=O) groups is 3. The maximum atomic E-state index is 13.3. The lowest BCUT2D eigenvalue weighted by Crippen LogP contribution is -2.47. The van der Waals surface area contributed by atoms with E-state index >= 15 is 0 Å². The molecule has 0 fully saturated rings. The number of hydrogen-bond donors (Lipinski definition) is 2. The predicted octanol–water partition coefficient (Wildman–Crippen LogP) is 7.06. The average molecular weight is 555 g/mol. The van der Waals surface area contributed by atoms with Crippen LogP contribution >= 0.6 is 0 Å². The van der Waals surface area contributed by atoms with Gasteiger partial charge in [-0.15, -0.1) is 0 Å². The van der Waals surface area contributed by atoms with Crippen molar-refractivity contribution in [3.8, 4) is 22.3 Å². The lowest BCUT2D eigenvalue weighted by Gasteiger charge is -2.27. The zero-order valence-corrected chi connectivity index (χ0v) is 24.7. The molecule has 0 unspecified atom stereocenters. The lowest BCUT2D eigenvalue weighted by atomic mass is 9.87. The van der Waals surface area contributed by atoms with Crippen molar-refractivity contribution in [2.24, 2.45) is 5.41 Å². The Balaban J connectivity index is 1.57. The molecule has 2 aromatic heterocycles. The number of nitrogens with zero attached hydrogens (tertiary/aromatic N) is 2. The van der Waals surface area contributed by atoms with Crippen molar-refractivity contribution in [2.75, 3.05) is 5.32 Å². The fourth-order valence-electron chi connectivity index (χ4n) is 4.70. The van der Waals surface area contributed by atoms with Crippen LogP contribution in [0.25, 0.3) is 27.8 Å². The molecule has 8 nitrogen and oxygen atoms in total. The first kappa shape index (κ1) is 29.5. The molecule has 0 spiro atoms. The normalized spacial score (nSPS) is 12.6. The average Bonchev–Trinajstić information content (AvgIpc) is 3.31. The SMILES string of the molecule is Cc1cc(NC(=O)[C@@H](CC(C)(C)C)NC(=O)OC(C)(C)C)ccc1-c1ccnn2cc(-c3ccc(C=O)cc3)cc12. The van der Waals surface area contributed by atoms with Crippen LogP contribution in [0.4, 0.5) is 10.5 Å². The van der Waals surface area contributed by atoms with Crippen LogP contribution in [0, 0.1) is 12.3 Å². The van der Waals surface area contributed by atoms with Gasteiger partial charge in [-0.3, -0.25) is 9.59 Å². The highest BCUT2D eigenvalue weighted by molar-refractivity contribution is 5.97. The quantitative estimate of drug-likeness (QED) is 0.238. The molecule has 0 saturated heterocycles. The van der Waals surface area contributed by atoms with Gasteiger partial charge in [-0.05, 0) is 80.5 Å². The molecule has 0 bridgehead atoms. The largest absolute Gasteiger partial charge is 0.444 e. The first-order chi connectivity index (χ1) is 19.2. The van der Waals surface area contributed by atoms with E-state index in [4.69, 9.17) is 4.74 Å². The van der Waals surface area contributed by atoms with Gasteiger partial charge >= 0.3 is 6.09 Å². The molecule has 2 N–H and O–H groups in total. The summed E-state index contributed by atoms with van der Waals surface area (Å²) in [6.45, 7) is 13.4. The molecule has 0 radical (unpaired) electrons. The van der Waals surface area contributed by atoms with Gasteiger partial charge in [-0.25, -0.2) is 9.31 Å². The Morgan fingerprint density at radius 3 is 2.27 bits per heavy atom. The van der Waals surface area contributed by atoms with Crippen LogP contribution in [0.1, 0.15) is 63.9 Å². The van der Waals surface area contributed by atoms with E-state index in [1.165, 1.54) is 0 Å². The highest BCUT2D eigenvalue weighted by Gasteiger charge is 2.29. The van der Waals surface area contributed by atoms with Gasteiger partial charge in [0.05, 0.1) is 5.52 Å². The lowest BCUT2D eigenvalue weighted by molar-refractivity contribution is -0.118. The van der Waals surface area contributed by atoms with Crippen molar-refractivity contribution in [2.45, 2.75) is 66.5 Å². The van der Waals surface area contributed by atoms with Gasteiger partial charge < -0.3 is 15.4 Å². The van der Waals surface area contributed by atoms with Crippen LogP contribution in [-0.2, 0) is 9.53 Å². The van der Waals surface area contributed by atoms with Crippen molar-refractivity contribution in [3.05, 3.63) is 78.1 Å². The summed E-state index contributed by atoms with van der Waals surface area (Å²) in [5.74, 6) is -0.305. The van der Waals surface area contributed by atoms with Gasteiger partial charge in [-0.2, -0.15) is 5.10 Å². The number of anilines is 1. The number of fused-ring (bicyclic) bond motifs is 1. The van der Waals surface area contributed by atoms with Gasteiger partial charge in [0.1, 0.15) is 17.9 Å². The molecule has 2 heterocycles. The van der Waals surface area contributed by atoms with Gasteiger partial charge in [0.25, 0.3) is 0 Å². The van der Waals surface area contributed by atoms with Gasteiger partial charge in [0.15, 0.2) is 0 Å². The van der Waals surface area contributed by atoms with E-state index in [0.29, 0.717) is 17.7 Å². The number of alkyl carbamates (subject to hydrolysis) is 1. The summed E-state index contributed by atoms with van der Waals surface area (Å²) in [5, 5.41) is 10.2. The Morgan fingerprint density at radius 1 is 0.951 bits per heavy atom. The summed E-state index contributed by atoms with van der Waals surface area (Å²) in [7, 11) is 0. The molecule has 2 aromatic carbocycles.